The maximum Gasteiger partial charge on any atom is 0.327 e. The van der Waals surface area contributed by atoms with Gasteiger partial charge in [0.15, 0.2) is 0 Å². The fourth-order valence-electron chi connectivity index (χ4n) is 2.99. The maximum atomic E-state index is 11.6. The lowest BCUT2D eigenvalue weighted by molar-refractivity contribution is -0.158. The van der Waals surface area contributed by atoms with E-state index in [9.17, 15) is 9.59 Å². The largest absolute Gasteiger partial charge is 0.391 e. The minimum absolute atomic E-state index is 0.110. The third-order valence-corrected chi connectivity index (χ3v) is 4.68. The highest BCUT2D eigenvalue weighted by molar-refractivity contribution is 5.87. The molecule has 0 atom stereocenters. The van der Waals surface area contributed by atoms with Crippen LogP contribution in [0, 0.1) is 0 Å². The number of unbranched alkanes of at least 4 members (excludes halogenated alkanes) is 12. The number of hydrogen-bond donors (Lipinski definition) is 2. The van der Waals surface area contributed by atoms with Crippen molar-refractivity contribution in [3.05, 3.63) is 0 Å². The van der Waals surface area contributed by atoms with E-state index in [1.807, 2.05) is 0 Å². The second-order valence-corrected chi connectivity index (χ2v) is 7.44. The first-order valence-electron chi connectivity index (χ1n) is 11.4. The molecule has 5 nitrogen and oxygen atoms in total. The Labute approximate surface area is 167 Å². The van der Waals surface area contributed by atoms with Gasteiger partial charge in [0.1, 0.15) is 0 Å². The van der Waals surface area contributed by atoms with Crippen molar-refractivity contribution in [2.45, 2.75) is 104 Å². The van der Waals surface area contributed by atoms with Gasteiger partial charge in [0.05, 0.1) is 13.1 Å². The molecule has 0 amide bonds. The lowest BCUT2D eigenvalue weighted by Gasteiger charge is -2.06. The molecule has 0 aromatic carbocycles. The SMILES string of the molecule is CCCCCCCCCNCC(=O)OC(=O)CNCCCCCCCCC. The van der Waals surface area contributed by atoms with Crippen LogP contribution in [-0.2, 0) is 14.3 Å². The van der Waals surface area contributed by atoms with Crippen LogP contribution >= 0.6 is 0 Å². The minimum Gasteiger partial charge on any atom is -0.391 e. The third kappa shape index (κ3) is 21.2. The van der Waals surface area contributed by atoms with Crippen LogP contribution in [0.15, 0.2) is 0 Å². The number of ether oxygens (including phenoxy) is 1. The van der Waals surface area contributed by atoms with Crippen LogP contribution in [-0.4, -0.2) is 38.1 Å². The molecule has 0 heterocycles. The first-order valence-corrected chi connectivity index (χ1v) is 11.4. The number of esters is 2. The molecular formula is C22H44N2O3. The smallest absolute Gasteiger partial charge is 0.327 e. The summed E-state index contributed by atoms with van der Waals surface area (Å²) in [5.41, 5.74) is 0. The van der Waals surface area contributed by atoms with Gasteiger partial charge in [-0.05, 0) is 25.9 Å². The second-order valence-electron chi connectivity index (χ2n) is 7.44. The van der Waals surface area contributed by atoms with E-state index < -0.39 is 11.9 Å². The molecule has 27 heavy (non-hydrogen) atoms. The van der Waals surface area contributed by atoms with Gasteiger partial charge < -0.3 is 15.4 Å². The molecular weight excluding hydrogens is 340 g/mol. The molecule has 0 fully saturated rings. The van der Waals surface area contributed by atoms with Crippen LogP contribution in [0.4, 0.5) is 0 Å². The van der Waals surface area contributed by atoms with Crippen molar-refractivity contribution in [2.75, 3.05) is 26.2 Å². The summed E-state index contributed by atoms with van der Waals surface area (Å²) in [5, 5.41) is 6.10. The normalized spacial score (nSPS) is 10.9. The topological polar surface area (TPSA) is 67.4 Å². The Balaban J connectivity index is 3.33. The van der Waals surface area contributed by atoms with Crippen LogP contribution in [0.1, 0.15) is 104 Å². The van der Waals surface area contributed by atoms with Gasteiger partial charge in [-0.1, -0.05) is 90.9 Å². The zero-order valence-corrected chi connectivity index (χ0v) is 18.0. The van der Waals surface area contributed by atoms with Crippen molar-refractivity contribution in [1.82, 2.24) is 10.6 Å². The first kappa shape index (κ1) is 26.1. The van der Waals surface area contributed by atoms with Gasteiger partial charge in [0.2, 0.25) is 0 Å². The van der Waals surface area contributed by atoms with E-state index >= 15 is 0 Å². The van der Waals surface area contributed by atoms with Crippen LogP contribution in [0.3, 0.4) is 0 Å². The van der Waals surface area contributed by atoms with Gasteiger partial charge in [-0.2, -0.15) is 0 Å². The van der Waals surface area contributed by atoms with Crippen LogP contribution < -0.4 is 10.6 Å². The molecule has 0 aromatic rings. The molecule has 0 radical (unpaired) electrons. The van der Waals surface area contributed by atoms with Gasteiger partial charge in [-0.15, -0.1) is 0 Å². The maximum absolute atomic E-state index is 11.6. The summed E-state index contributed by atoms with van der Waals surface area (Å²) in [7, 11) is 0. The molecule has 0 aliphatic carbocycles. The zero-order valence-electron chi connectivity index (χ0n) is 18.0. The molecule has 0 rings (SSSR count). The number of carbonyl (C=O) groups is 2. The van der Waals surface area contributed by atoms with Gasteiger partial charge in [0.25, 0.3) is 0 Å². The number of rotatable bonds is 20. The Morgan fingerprint density at radius 3 is 1.26 bits per heavy atom. The monoisotopic (exact) mass is 384 g/mol. The number of carbonyl (C=O) groups excluding carboxylic acids is 2. The summed E-state index contributed by atoms with van der Waals surface area (Å²) >= 11 is 0. The molecule has 2 N–H and O–H groups in total. The fraction of sp³-hybridized carbons (Fsp3) is 0.909. The van der Waals surface area contributed by atoms with E-state index in [0.29, 0.717) is 0 Å². The molecule has 0 aliphatic rings. The molecule has 5 heteroatoms. The summed E-state index contributed by atoms with van der Waals surface area (Å²) in [4.78, 5) is 23.2. The molecule has 0 spiro atoms. The molecule has 0 saturated carbocycles. The highest BCUT2D eigenvalue weighted by atomic mass is 16.6. The van der Waals surface area contributed by atoms with Crippen LogP contribution in [0.2, 0.25) is 0 Å². The molecule has 0 saturated heterocycles. The lowest BCUT2D eigenvalue weighted by atomic mass is 10.1. The van der Waals surface area contributed by atoms with Crippen molar-refractivity contribution in [3.8, 4) is 0 Å². The van der Waals surface area contributed by atoms with Crippen molar-refractivity contribution in [1.29, 1.82) is 0 Å². The fourth-order valence-corrected chi connectivity index (χ4v) is 2.99. The zero-order chi connectivity index (χ0) is 20.0. The van der Waals surface area contributed by atoms with E-state index in [1.54, 1.807) is 0 Å². The highest BCUT2D eigenvalue weighted by Gasteiger charge is 2.09. The summed E-state index contributed by atoms with van der Waals surface area (Å²) in [6.07, 6.45) is 17.5. The van der Waals surface area contributed by atoms with E-state index in [0.717, 1.165) is 25.9 Å². The van der Waals surface area contributed by atoms with Gasteiger partial charge >= 0.3 is 11.9 Å². The predicted octanol–water partition coefficient (Wildman–Crippen LogP) is 4.74. The minimum atomic E-state index is -0.485. The Kier molecular flexibility index (Phi) is 20.6. The predicted molar refractivity (Wildman–Crippen MR) is 113 cm³/mol. The van der Waals surface area contributed by atoms with E-state index in [4.69, 9.17) is 4.74 Å². The van der Waals surface area contributed by atoms with Crippen LogP contribution in [0.25, 0.3) is 0 Å². The molecule has 0 bridgehead atoms. The third-order valence-electron chi connectivity index (χ3n) is 4.68. The standard InChI is InChI=1S/C22H44N2O3/c1-3-5-7-9-11-13-15-17-23-19-21(25)27-22(26)20-24-18-16-14-12-10-8-6-4-2/h23-24H,3-20H2,1-2H3. The number of nitrogens with one attached hydrogen (secondary N) is 2. The van der Waals surface area contributed by atoms with Crippen molar-refractivity contribution < 1.29 is 14.3 Å². The average molecular weight is 385 g/mol. The van der Waals surface area contributed by atoms with Crippen molar-refractivity contribution in [3.63, 3.8) is 0 Å². The van der Waals surface area contributed by atoms with Gasteiger partial charge in [0, 0.05) is 0 Å². The molecule has 160 valence electrons. The van der Waals surface area contributed by atoms with Gasteiger partial charge in [-0.25, -0.2) is 0 Å². The molecule has 0 unspecified atom stereocenters. The summed E-state index contributed by atoms with van der Waals surface area (Å²) in [6, 6.07) is 0. The van der Waals surface area contributed by atoms with Gasteiger partial charge in [-0.3, -0.25) is 9.59 Å². The average Bonchev–Trinajstić information content (AvgIpc) is 2.65. The molecule has 0 aliphatic heterocycles. The second kappa shape index (κ2) is 21.4. The van der Waals surface area contributed by atoms with E-state index in [1.165, 1.54) is 77.0 Å². The van der Waals surface area contributed by atoms with Crippen LogP contribution in [0.5, 0.6) is 0 Å². The Hall–Kier alpha value is -0.940. The summed E-state index contributed by atoms with van der Waals surface area (Å²) in [5.74, 6) is -0.971. The van der Waals surface area contributed by atoms with E-state index in [-0.39, 0.29) is 13.1 Å². The summed E-state index contributed by atoms with van der Waals surface area (Å²) < 4.78 is 4.79. The quantitative estimate of drug-likeness (QED) is 0.180. The van der Waals surface area contributed by atoms with Crippen molar-refractivity contribution in [2.24, 2.45) is 0 Å². The first-order chi connectivity index (χ1) is 13.2. The summed E-state index contributed by atoms with van der Waals surface area (Å²) in [6.45, 7) is 6.26. The Bertz CT molecular complexity index is 316. The lowest BCUT2D eigenvalue weighted by Crippen LogP contribution is -2.31. The molecule has 0 aromatic heterocycles. The Morgan fingerprint density at radius 2 is 0.889 bits per heavy atom. The van der Waals surface area contributed by atoms with Crippen molar-refractivity contribution >= 4 is 11.9 Å². The number of hydrogen-bond acceptors (Lipinski definition) is 5. The highest BCUT2D eigenvalue weighted by Crippen LogP contribution is 2.07. The Morgan fingerprint density at radius 1 is 0.556 bits per heavy atom. The van der Waals surface area contributed by atoms with E-state index in [2.05, 4.69) is 24.5 Å².